The van der Waals surface area contributed by atoms with E-state index in [1.807, 2.05) is 0 Å². The summed E-state index contributed by atoms with van der Waals surface area (Å²) in [5.41, 5.74) is 0. The summed E-state index contributed by atoms with van der Waals surface area (Å²) in [6, 6.07) is 0. The monoisotopic (exact) mass is 135 g/mol. The fourth-order valence-corrected chi connectivity index (χ4v) is 0. The normalized spacial score (nSPS) is 14.2. The van der Waals surface area contributed by atoms with Gasteiger partial charge in [-0.3, -0.25) is 0 Å². The van der Waals surface area contributed by atoms with Crippen molar-refractivity contribution in [3.63, 3.8) is 0 Å². The van der Waals surface area contributed by atoms with Crippen molar-refractivity contribution >= 4 is 0 Å². The average Bonchev–Trinajstić information content (AvgIpc) is 0.650. The molecule has 0 aromatic heterocycles. The van der Waals surface area contributed by atoms with Crippen LogP contribution in [0.15, 0.2) is 0 Å². The molecule has 6 heteroatoms. The molecule has 6 heavy (non-hydrogen) atoms. The van der Waals surface area contributed by atoms with Crippen molar-refractivity contribution in [2.75, 3.05) is 0 Å². The van der Waals surface area contributed by atoms with Crippen molar-refractivity contribution in [2.45, 2.75) is 0 Å². The van der Waals surface area contributed by atoms with Crippen LogP contribution in [0, 0.1) is 0 Å². The van der Waals surface area contributed by atoms with Gasteiger partial charge in [0.05, 0.1) is 0 Å². The molecule has 0 N–H and O–H groups in total. The van der Waals surface area contributed by atoms with Gasteiger partial charge >= 0.3 is 30.6 Å². The molecule has 0 unspecified atom stereocenters. The maximum atomic E-state index is 8.61. The van der Waals surface area contributed by atoms with Gasteiger partial charge in [-0.15, -0.1) is 0 Å². The third-order valence-electron chi connectivity index (χ3n) is 0. The molecule has 0 aromatic carbocycles. The Hall–Kier alpha value is -0.481. The first-order chi connectivity index (χ1) is 2.24. The summed E-state index contributed by atoms with van der Waals surface area (Å²) in [5.74, 6) is 0. The molecule has 0 radical (unpaired) electrons. The average molecular weight is 135 g/mol. The molecule has 0 aliphatic carbocycles. The summed E-state index contributed by atoms with van der Waals surface area (Å²) >= 11 is -7.51. The SMILES string of the molecule is [O]=[Mn](=[O])(=[O])(=[O])=[O]. The second-order valence-electron chi connectivity index (χ2n) is 0.630. The first-order valence-electron chi connectivity index (χ1n) is 0.772. The Balaban J connectivity index is 7.45. The molecule has 0 spiro atoms. The molecule has 0 bridgehead atoms. The van der Waals surface area contributed by atoms with Crippen LogP contribution in [0.4, 0.5) is 0 Å². The van der Waals surface area contributed by atoms with Crippen molar-refractivity contribution in [1.82, 2.24) is 0 Å². The Morgan fingerprint density at radius 1 is 0.667 bits per heavy atom. The van der Waals surface area contributed by atoms with Gasteiger partial charge < -0.3 is 0 Å². The van der Waals surface area contributed by atoms with Crippen LogP contribution < -0.4 is 0 Å². The van der Waals surface area contributed by atoms with Crippen molar-refractivity contribution in [3.05, 3.63) is 0 Å². The Bertz CT molecular complexity index is 274. The Morgan fingerprint density at radius 3 is 0.667 bits per heavy atom. The van der Waals surface area contributed by atoms with Crippen LogP contribution in [0.1, 0.15) is 0 Å². The molecular formula is MnO5. The van der Waals surface area contributed by atoms with Gasteiger partial charge in [0.1, 0.15) is 0 Å². The maximum absolute atomic E-state index is 8.61. The standard InChI is InChI=1S/Mn.5O. The van der Waals surface area contributed by atoms with E-state index in [4.69, 9.17) is 19.2 Å². The van der Waals surface area contributed by atoms with Crippen molar-refractivity contribution in [1.29, 1.82) is 0 Å². The second-order valence-corrected chi connectivity index (χ2v) is 2.60. The van der Waals surface area contributed by atoms with Crippen LogP contribution in [0.5, 0.6) is 0 Å². The zero-order valence-electron chi connectivity index (χ0n) is 2.42. The number of hydrogen-bond acceptors (Lipinski definition) is 5. The van der Waals surface area contributed by atoms with Gasteiger partial charge in [-0.2, -0.15) is 0 Å². The van der Waals surface area contributed by atoms with Crippen LogP contribution in [-0.4, -0.2) is 0 Å². The van der Waals surface area contributed by atoms with E-state index in [2.05, 4.69) is 0 Å². The van der Waals surface area contributed by atoms with Crippen molar-refractivity contribution in [2.24, 2.45) is 0 Å². The van der Waals surface area contributed by atoms with E-state index in [9.17, 15) is 0 Å². The fraction of sp³-hybridized carbons (Fsp3) is 0. The van der Waals surface area contributed by atoms with Gasteiger partial charge in [0, 0.05) is 0 Å². The quantitative estimate of drug-likeness (QED) is 0.414. The Morgan fingerprint density at radius 2 is 0.667 bits per heavy atom. The molecule has 0 saturated carbocycles. The first kappa shape index (κ1) is 5.52. The molecule has 0 fully saturated rings. The number of hydrogen-bond donors (Lipinski definition) is 0. The van der Waals surface area contributed by atoms with Crippen LogP contribution >= 0.6 is 0 Å². The summed E-state index contributed by atoms with van der Waals surface area (Å²) in [5, 5.41) is 0. The third kappa shape index (κ3) is 96.8. The topological polar surface area (TPSA) is 85.3 Å². The van der Waals surface area contributed by atoms with Gasteiger partial charge in [0.25, 0.3) is 0 Å². The summed E-state index contributed by atoms with van der Waals surface area (Å²) in [6.07, 6.45) is 0. The van der Waals surface area contributed by atoms with E-state index < -0.39 is 11.4 Å². The van der Waals surface area contributed by atoms with Crippen molar-refractivity contribution in [3.8, 4) is 0 Å². The first-order valence-corrected chi connectivity index (χ1v) is 3.18. The molecule has 0 heterocycles. The van der Waals surface area contributed by atoms with E-state index in [1.54, 1.807) is 0 Å². The van der Waals surface area contributed by atoms with Gasteiger partial charge in [-0.25, -0.2) is 0 Å². The van der Waals surface area contributed by atoms with Gasteiger partial charge in [0.15, 0.2) is 0 Å². The molecule has 0 aliphatic rings. The van der Waals surface area contributed by atoms with Crippen LogP contribution in [0.25, 0.3) is 0 Å². The predicted octanol–water partition coefficient (Wildman–Crippen LogP) is -0.597. The minimum absolute atomic E-state index is 7.51. The van der Waals surface area contributed by atoms with Crippen LogP contribution in [-0.2, 0) is 30.6 Å². The third-order valence-corrected chi connectivity index (χ3v) is 0. The molecule has 37 valence electrons. The molecule has 5 nitrogen and oxygen atoms in total. The zero-order chi connectivity index (χ0) is 5.45. The molecule has 0 saturated heterocycles. The Kier molecular flexibility index (Phi) is 0.568. The molecule has 0 rings (SSSR count). The summed E-state index contributed by atoms with van der Waals surface area (Å²) in [4.78, 5) is 0. The van der Waals surface area contributed by atoms with E-state index in [1.165, 1.54) is 0 Å². The van der Waals surface area contributed by atoms with Crippen molar-refractivity contribution < 1.29 is 30.6 Å². The van der Waals surface area contributed by atoms with E-state index in [0.717, 1.165) is 0 Å². The summed E-state index contributed by atoms with van der Waals surface area (Å²) in [7, 11) is 0. The zero-order valence-corrected chi connectivity index (χ0v) is 3.60. The van der Waals surface area contributed by atoms with Gasteiger partial charge in [0.2, 0.25) is 0 Å². The molecule has 0 aromatic rings. The van der Waals surface area contributed by atoms with Gasteiger partial charge in [-0.1, -0.05) is 0 Å². The second kappa shape index (κ2) is 0.618. The number of rotatable bonds is 0. The molecule has 0 amide bonds. The predicted molar refractivity (Wildman–Crippen MR) is 3.43 cm³/mol. The summed E-state index contributed by atoms with van der Waals surface area (Å²) in [6.45, 7) is 0. The summed E-state index contributed by atoms with van der Waals surface area (Å²) < 4.78 is 43.1. The molecule has 0 aliphatic heterocycles. The molecule has 0 atom stereocenters. The van der Waals surface area contributed by atoms with E-state index >= 15 is 0 Å². The van der Waals surface area contributed by atoms with E-state index in [-0.39, 0.29) is 0 Å². The van der Waals surface area contributed by atoms with E-state index in [0.29, 0.717) is 0 Å². The van der Waals surface area contributed by atoms with Gasteiger partial charge in [-0.05, 0) is 0 Å². The van der Waals surface area contributed by atoms with Crippen LogP contribution in [0.2, 0.25) is 0 Å². The van der Waals surface area contributed by atoms with Crippen LogP contribution in [0.3, 0.4) is 0 Å². The molecular weight excluding hydrogens is 135 g/mol. The fourth-order valence-electron chi connectivity index (χ4n) is 0. The Labute approximate surface area is 31.5 Å². The minimum atomic E-state index is -7.51.